The van der Waals surface area contributed by atoms with E-state index in [9.17, 15) is 23.4 Å². The zero-order valence-corrected chi connectivity index (χ0v) is 21.7. The molecule has 0 heterocycles. The number of aliphatic hydroxyl groups is 2. The van der Waals surface area contributed by atoms with Crippen molar-refractivity contribution in [3.63, 3.8) is 0 Å². The molecule has 0 fully saturated rings. The molecule has 0 aliphatic carbocycles. The lowest BCUT2D eigenvalue weighted by Gasteiger charge is -2.17. The van der Waals surface area contributed by atoms with E-state index < -0.39 is 21.0 Å². The fraction of sp³-hybridized carbons (Fsp3) is 0.960. The molecule has 0 aromatic carbocycles. The Hall–Kier alpha value is -0.460. The van der Waals surface area contributed by atoms with Gasteiger partial charge in [-0.2, -0.15) is 0 Å². The third-order valence-electron chi connectivity index (χ3n) is 3.47. The van der Waals surface area contributed by atoms with Gasteiger partial charge in [-0.05, 0) is 66.2 Å². The molecule has 0 radical (unpaired) electrons. The molecule has 0 rings (SSSR count). The van der Waals surface area contributed by atoms with Crippen LogP contribution in [0.15, 0.2) is 0 Å². The van der Waals surface area contributed by atoms with Crippen LogP contribution in [0.5, 0.6) is 0 Å². The van der Waals surface area contributed by atoms with Gasteiger partial charge in [-0.25, -0.2) is 8.42 Å². The summed E-state index contributed by atoms with van der Waals surface area (Å²) in [7, 11) is -2.74. The third kappa shape index (κ3) is 48.3. The topological polar surface area (TPSA) is 91.7 Å². The van der Waals surface area contributed by atoms with Crippen molar-refractivity contribution >= 4 is 15.6 Å². The fourth-order valence-corrected chi connectivity index (χ4v) is 1.26. The largest absolute Gasteiger partial charge is 0.390 e. The quantitative estimate of drug-likeness (QED) is 0.417. The minimum absolute atomic E-state index is 0. The molecule has 0 amide bonds. The molecule has 5 nitrogen and oxygen atoms in total. The van der Waals surface area contributed by atoms with E-state index in [0.717, 1.165) is 12.8 Å². The number of hydrogen-bond donors (Lipinski definition) is 2. The first-order valence-electron chi connectivity index (χ1n) is 10.4. The van der Waals surface area contributed by atoms with E-state index in [2.05, 4.69) is 13.8 Å². The van der Waals surface area contributed by atoms with Crippen LogP contribution < -0.4 is 0 Å². The lowest BCUT2D eigenvalue weighted by molar-refractivity contribution is -0.134. The molecule has 0 unspecified atom stereocenters. The average molecular weight is 475 g/mol. The van der Waals surface area contributed by atoms with Gasteiger partial charge in [-0.1, -0.05) is 63.8 Å². The summed E-state index contributed by atoms with van der Waals surface area (Å²) in [6.07, 6.45) is 3.72. The van der Waals surface area contributed by atoms with E-state index in [1.54, 1.807) is 13.8 Å². The Morgan fingerprint density at radius 2 is 1.10 bits per heavy atom. The Morgan fingerprint density at radius 3 is 1.16 bits per heavy atom. The van der Waals surface area contributed by atoms with Gasteiger partial charge in [0.1, 0.15) is 15.4 Å². The Kier molecular flexibility index (Phi) is 35.3. The minimum atomic E-state index is -2.74. The van der Waals surface area contributed by atoms with Crippen molar-refractivity contribution in [1.29, 1.82) is 0 Å². The molecule has 0 saturated carbocycles. The Bertz CT molecular complexity index is 465. The molecule has 0 spiro atoms. The summed E-state index contributed by atoms with van der Waals surface area (Å²) in [5.74, 6) is 0.956. The Morgan fingerprint density at radius 1 is 0.806 bits per heavy atom. The van der Waals surface area contributed by atoms with Gasteiger partial charge in [0.25, 0.3) is 0 Å². The number of carbonyl (C=O) groups excluding carboxylic acids is 1. The number of hydrogen-bond acceptors (Lipinski definition) is 5. The number of rotatable bonds is 7. The highest BCUT2D eigenvalue weighted by molar-refractivity contribution is 7.91. The molecule has 0 saturated heterocycles. The zero-order valence-electron chi connectivity index (χ0n) is 20.9. The van der Waals surface area contributed by atoms with Gasteiger partial charge in [0, 0.05) is 12.7 Å². The molecule has 2 N–H and O–H groups in total. The van der Waals surface area contributed by atoms with Crippen molar-refractivity contribution in [2.45, 2.75) is 141 Å². The first-order chi connectivity index (χ1) is 12.2. The number of carbonyl (C=O) groups is 1. The van der Waals surface area contributed by atoms with E-state index in [-0.39, 0.29) is 33.3 Å². The number of ketones is 1. The van der Waals surface area contributed by atoms with Gasteiger partial charge in [0.2, 0.25) is 0 Å². The molecule has 0 aliphatic rings. The van der Waals surface area contributed by atoms with Gasteiger partial charge in [0.15, 0.2) is 5.78 Å². The predicted octanol–water partition coefficient (Wildman–Crippen LogP) is 6.94. The lowest BCUT2D eigenvalue weighted by Crippen LogP contribution is -2.31. The second-order valence-corrected chi connectivity index (χ2v) is 11.8. The summed E-state index contributed by atoms with van der Waals surface area (Å²) in [6.45, 7) is 22.4. The van der Waals surface area contributed by atoms with E-state index >= 15 is 0 Å². The number of sulfone groups is 1. The van der Waals surface area contributed by atoms with E-state index in [4.69, 9.17) is 0 Å². The maximum atomic E-state index is 11.0. The molecular formula is C25H62O5S. The summed E-state index contributed by atoms with van der Waals surface area (Å²) >= 11 is 0. The molecule has 0 atom stereocenters. The summed E-state index contributed by atoms with van der Waals surface area (Å²) in [5.41, 5.74) is -1.62. The Balaban J connectivity index is -0.0000000517. The maximum Gasteiger partial charge on any atom is 0.164 e. The van der Waals surface area contributed by atoms with Crippen molar-refractivity contribution in [3.05, 3.63) is 0 Å². The van der Waals surface area contributed by atoms with Crippen molar-refractivity contribution in [3.8, 4) is 0 Å². The van der Waals surface area contributed by atoms with Crippen molar-refractivity contribution in [2.24, 2.45) is 11.8 Å². The van der Waals surface area contributed by atoms with Crippen LogP contribution in [-0.4, -0.2) is 47.1 Å². The van der Waals surface area contributed by atoms with Crippen LogP contribution in [0, 0.1) is 11.8 Å². The van der Waals surface area contributed by atoms with Crippen LogP contribution in [0.3, 0.4) is 0 Å². The summed E-state index contributed by atoms with van der Waals surface area (Å²) in [5, 5.41) is 18.2. The normalized spacial score (nSPS) is 10.6. The average Bonchev–Trinajstić information content (AvgIpc) is 2.45. The van der Waals surface area contributed by atoms with Gasteiger partial charge in [-0.3, -0.25) is 4.79 Å². The van der Waals surface area contributed by atoms with Gasteiger partial charge < -0.3 is 10.2 Å². The van der Waals surface area contributed by atoms with Crippen molar-refractivity contribution in [1.82, 2.24) is 0 Å². The predicted molar refractivity (Wildman–Crippen MR) is 143 cm³/mol. The molecule has 0 bridgehead atoms. The molecule has 198 valence electrons. The Labute approximate surface area is 198 Å². The second-order valence-electron chi connectivity index (χ2n) is 9.20. The summed E-state index contributed by atoms with van der Waals surface area (Å²) < 4.78 is 20.7. The molecule has 0 aliphatic heterocycles. The highest BCUT2D eigenvalue weighted by Gasteiger charge is 2.23. The summed E-state index contributed by atoms with van der Waals surface area (Å²) in [6, 6.07) is 0. The monoisotopic (exact) mass is 474 g/mol. The van der Waals surface area contributed by atoms with Crippen LogP contribution in [0.4, 0.5) is 0 Å². The van der Waals surface area contributed by atoms with Crippen molar-refractivity contribution in [2.75, 3.05) is 6.26 Å². The second kappa shape index (κ2) is 22.7. The fourth-order valence-electron chi connectivity index (χ4n) is 1.26. The van der Waals surface area contributed by atoms with E-state index in [0.29, 0.717) is 18.3 Å². The molecule has 6 heteroatoms. The summed E-state index contributed by atoms with van der Waals surface area (Å²) in [4.78, 5) is 11.0. The lowest BCUT2D eigenvalue weighted by atomic mass is 9.96. The van der Waals surface area contributed by atoms with Crippen LogP contribution >= 0.6 is 0 Å². The van der Waals surface area contributed by atoms with Gasteiger partial charge in [0.05, 0.1) is 10.9 Å². The first kappa shape index (κ1) is 48.1. The third-order valence-corrected chi connectivity index (χ3v) is 5.18. The zero-order chi connectivity index (χ0) is 23.9. The first-order valence-corrected chi connectivity index (χ1v) is 12.3. The molecule has 31 heavy (non-hydrogen) atoms. The number of Topliss-reactive ketones (excluding diaryl/α,β-unsaturated/α-hetero) is 1. The van der Waals surface area contributed by atoms with Crippen LogP contribution in [0.1, 0.15) is 125 Å². The van der Waals surface area contributed by atoms with Gasteiger partial charge in [-0.15, -0.1) is 0 Å². The molecule has 0 aromatic heterocycles. The van der Waals surface area contributed by atoms with Gasteiger partial charge >= 0.3 is 0 Å². The van der Waals surface area contributed by atoms with Crippen LogP contribution in [0.25, 0.3) is 0 Å². The highest BCUT2D eigenvalue weighted by Crippen LogP contribution is 2.14. The van der Waals surface area contributed by atoms with Crippen LogP contribution in [-0.2, 0) is 14.6 Å². The standard InChI is InChI=1S/C8H16O2.C8H18O.C4H10O2S.C2H6.3CH4/c1-6(2)5-7(9)8(3,4)10;1-7(2)5-6-8(3,4)9;1-4(2)7(3,5)6;1-2;;;/h6,10H,5H2,1-4H3;7,9H,5-6H2,1-4H3;4H,1-3H3;1-2H3;3*1H4. The maximum absolute atomic E-state index is 11.0. The van der Waals surface area contributed by atoms with Crippen molar-refractivity contribution < 1.29 is 23.4 Å². The molecular weight excluding hydrogens is 412 g/mol. The smallest absolute Gasteiger partial charge is 0.164 e. The minimum Gasteiger partial charge on any atom is -0.390 e. The van der Waals surface area contributed by atoms with Crippen LogP contribution in [0.2, 0.25) is 0 Å². The SMILES string of the molecule is C.C.C.CC.CC(C)CC(=O)C(C)(C)O.CC(C)CCC(C)(C)O.CC(C)S(C)(=O)=O. The van der Waals surface area contributed by atoms with E-state index in [1.165, 1.54) is 20.1 Å². The molecule has 0 aromatic rings. The highest BCUT2D eigenvalue weighted by atomic mass is 32.2. The van der Waals surface area contributed by atoms with E-state index in [1.807, 2.05) is 41.5 Å².